The molecule has 3 rings (SSSR count). The number of aryl methyl sites for hydroxylation is 1. The highest BCUT2D eigenvalue weighted by Crippen LogP contribution is 2.18. The maximum absolute atomic E-state index is 12.7. The molecule has 0 fully saturated rings. The molecule has 3 N–H and O–H groups in total. The third-order valence-corrected chi connectivity index (χ3v) is 5.41. The lowest BCUT2D eigenvalue weighted by molar-refractivity contribution is 0.0523. The lowest BCUT2D eigenvalue weighted by Gasteiger charge is -2.19. The Bertz CT molecular complexity index is 1220. The van der Waals surface area contributed by atoms with Gasteiger partial charge in [0.25, 0.3) is 11.8 Å². The molecule has 3 aromatic carbocycles. The van der Waals surface area contributed by atoms with Crippen LogP contribution in [0.25, 0.3) is 0 Å². The monoisotopic (exact) mass is 537 g/mol. The van der Waals surface area contributed by atoms with E-state index in [9.17, 15) is 14.4 Å². The van der Waals surface area contributed by atoms with Crippen LogP contribution < -0.4 is 16.0 Å². The fourth-order valence-electron chi connectivity index (χ4n) is 3.19. The van der Waals surface area contributed by atoms with E-state index < -0.39 is 11.7 Å². The standard InChI is InChI=1S/C27H28BrN3O4/c1-17-15-19(7-14-23(17)25(33)31-22-12-8-20(28)9-13-22)24(32)30-21-10-5-18(6-11-21)16-29-26(34)35-27(2,3)4/h5-15H,16H2,1-4H3,(H,29,34)(H,30,32)(H,31,33). The predicted molar refractivity (Wildman–Crippen MR) is 141 cm³/mol. The minimum atomic E-state index is -0.557. The molecule has 8 heteroatoms. The lowest BCUT2D eigenvalue weighted by atomic mass is 10.0. The number of ether oxygens (including phenoxy) is 1. The van der Waals surface area contributed by atoms with E-state index in [4.69, 9.17) is 4.74 Å². The topological polar surface area (TPSA) is 96.5 Å². The van der Waals surface area contributed by atoms with Gasteiger partial charge in [0, 0.05) is 33.5 Å². The van der Waals surface area contributed by atoms with Gasteiger partial charge in [0.15, 0.2) is 0 Å². The Morgan fingerprint density at radius 2 is 1.40 bits per heavy atom. The van der Waals surface area contributed by atoms with E-state index in [-0.39, 0.29) is 11.8 Å². The van der Waals surface area contributed by atoms with E-state index >= 15 is 0 Å². The molecule has 0 aliphatic carbocycles. The molecule has 0 spiro atoms. The zero-order valence-electron chi connectivity index (χ0n) is 20.1. The Kier molecular flexibility index (Phi) is 8.30. The normalized spacial score (nSPS) is 10.9. The van der Waals surface area contributed by atoms with E-state index in [0.717, 1.165) is 10.0 Å². The van der Waals surface area contributed by atoms with Crippen LogP contribution in [0, 0.1) is 6.92 Å². The van der Waals surface area contributed by atoms with Crippen LogP contribution in [0.5, 0.6) is 0 Å². The molecule has 35 heavy (non-hydrogen) atoms. The molecule has 3 aromatic rings. The van der Waals surface area contributed by atoms with Crippen molar-refractivity contribution < 1.29 is 19.1 Å². The van der Waals surface area contributed by atoms with Crippen molar-refractivity contribution in [3.63, 3.8) is 0 Å². The first kappa shape index (κ1) is 26.0. The van der Waals surface area contributed by atoms with Gasteiger partial charge in [-0.1, -0.05) is 28.1 Å². The van der Waals surface area contributed by atoms with Gasteiger partial charge in [0.05, 0.1) is 0 Å². The van der Waals surface area contributed by atoms with Gasteiger partial charge in [-0.15, -0.1) is 0 Å². The largest absolute Gasteiger partial charge is 0.444 e. The molecule has 0 aliphatic rings. The summed E-state index contributed by atoms with van der Waals surface area (Å²) in [5, 5.41) is 8.40. The van der Waals surface area contributed by atoms with E-state index in [1.54, 1.807) is 70.2 Å². The van der Waals surface area contributed by atoms with Crippen molar-refractivity contribution in [3.05, 3.63) is 93.5 Å². The van der Waals surface area contributed by atoms with Crippen molar-refractivity contribution in [2.45, 2.75) is 39.8 Å². The van der Waals surface area contributed by atoms with Crippen LogP contribution in [0.4, 0.5) is 16.2 Å². The predicted octanol–water partition coefficient (Wildman–Crippen LogP) is 6.29. The summed E-state index contributed by atoms with van der Waals surface area (Å²) in [6.45, 7) is 7.51. The second-order valence-corrected chi connectivity index (χ2v) is 9.91. The van der Waals surface area contributed by atoms with Gasteiger partial charge in [-0.2, -0.15) is 0 Å². The maximum Gasteiger partial charge on any atom is 0.407 e. The summed E-state index contributed by atoms with van der Waals surface area (Å²) in [4.78, 5) is 37.1. The molecule has 0 heterocycles. The van der Waals surface area contributed by atoms with E-state index in [1.165, 1.54) is 0 Å². The van der Waals surface area contributed by atoms with Crippen LogP contribution in [0.1, 0.15) is 52.6 Å². The SMILES string of the molecule is Cc1cc(C(=O)Nc2ccc(CNC(=O)OC(C)(C)C)cc2)ccc1C(=O)Nc1ccc(Br)cc1. The van der Waals surface area contributed by atoms with Crippen LogP contribution in [0.2, 0.25) is 0 Å². The van der Waals surface area contributed by atoms with Crippen LogP contribution in [-0.2, 0) is 11.3 Å². The quantitative estimate of drug-likeness (QED) is 0.344. The molecule has 0 unspecified atom stereocenters. The fraction of sp³-hybridized carbons (Fsp3) is 0.222. The Hall–Kier alpha value is -3.65. The lowest BCUT2D eigenvalue weighted by Crippen LogP contribution is -2.32. The molecular weight excluding hydrogens is 510 g/mol. The average Bonchev–Trinajstić information content (AvgIpc) is 2.79. The van der Waals surface area contributed by atoms with Gasteiger partial charge in [0.1, 0.15) is 5.60 Å². The maximum atomic E-state index is 12.7. The minimum absolute atomic E-state index is 0.243. The van der Waals surface area contributed by atoms with Crippen LogP contribution in [0.3, 0.4) is 0 Å². The molecule has 0 aromatic heterocycles. The fourth-order valence-corrected chi connectivity index (χ4v) is 3.45. The summed E-state index contributed by atoms with van der Waals surface area (Å²) in [7, 11) is 0. The first-order chi connectivity index (χ1) is 16.5. The third-order valence-electron chi connectivity index (χ3n) is 4.88. The summed E-state index contributed by atoms with van der Waals surface area (Å²) in [6, 6.07) is 19.4. The van der Waals surface area contributed by atoms with Crippen molar-refractivity contribution in [2.24, 2.45) is 0 Å². The number of benzene rings is 3. The van der Waals surface area contributed by atoms with E-state index in [1.807, 2.05) is 24.3 Å². The Morgan fingerprint density at radius 1 is 0.829 bits per heavy atom. The number of hydrogen-bond acceptors (Lipinski definition) is 4. The van der Waals surface area contributed by atoms with Crippen LogP contribution >= 0.6 is 15.9 Å². The third kappa shape index (κ3) is 7.96. The van der Waals surface area contributed by atoms with Crippen molar-refractivity contribution >= 4 is 45.2 Å². The molecule has 182 valence electrons. The highest BCUT2D eigenvalue weighted by Gasteiger charge is 2.16. The average molecular weight is 538 g/mol. The van der Waals surface area contributed by atoms with Crippen molar-refractivity contribution in [2.75, 3.05) is 10.6 Å². The van der Waals surface area contributed by atoms with Crippen molar-refractivity contribution in [1.82, 2.24) is 5.32 Å². The smallest absolute Gasteiger partial charge is 0.407 e. The molecule has 3 amide bonds. The zero-order chi connectivity index (χ0) is 25.6. The molecule has 0 saturated carbocycles. The molecule has 0 atom stereocenters. The highest BCUT2D eigenvalue weighted by molar-refractivity contribution is 9.10. The number of amides is 3. The van der Waals surface area contributed by atoms with Gasteiger partial charge in [0.2, 0.25) is 0 Å². The number of alkyl carbamates (subject to hydrolysis) is 1. The number of carbonyl (C=O) groups is 3. The number of carbonyl (C=O) groups excluding carboxylic acids is 3. The zero-order valence-corrected chi connectivity index (χ0v) is 21.7. The molecule has 0 saturated heterocycles. The first-order valence-corrected chi connectivity index (χ1v) is 11.8. The molecular formula is C27H28BrN3O4. The summed E-state index contributed by atoms with van der Waals surface area (Å²) in [5.74, 6) is -0.528. The summed E-state index contributed by atoms with van der Waals surface area (Å²) in [6.07, 6.45) is -0.487. The van der Waals surface area contributed by atoms with Crippen molar-refractivity contribution in [3.8, 4) is 0 Å². The van der Waals surface area contributed by atoms with Crippen molar-refractivity contribution in [1.29, 1.82) is 0 Å². The Morgan fingerprint density at radius 3 is 1.97 bits per heavy atom. The van der Waals surface area contributed by atoms with Gasteiger partial charge < -0.3 is 20.7 Å². The van der Waals surface area contributed by atoms with Gasteiger partial charge >= 0.3 is 6.09 Å². The van der Waals surface area contributed by atoms with Gasteiger partial charge in [-0.05, 0) is 93.4 Å². The molecule has 0 radical (unpaired) electrons. The Balaban J connectivity index is 1.57. The number of nitrogens with one attached hydrogen (secondary N) is 3. The second-order valence-electron chi connectivity index (χ2n) is 9.00. The summed E-state index contributed by atoms with van der Waals surface area (Å²) < 4.78 is 6.14. The minimum Gasteiger partial charge on any atom is -0.444 e. The van der Waals surface area contributed by atoms with Crippen LogP contribution in [-0.4, -0.2) is 23.5 Å². The van der Waals surface area contributed by atoms with E-state index in [2.05, 4.69) is 31.9 Å². The van der Waals surface area contributed by atoms with Gasteiger partial charge in [-0.25, -0.2) is 4.79 Å². The molecule has 0 bridgehead atoms. The highest BCUT2D eigenvalue weighted by atomic mass is 79.9. The summed E-state index contributed by atoms with van der Waals surface area (Å²) in [5.41, 5.74) is 3.24. The Labute approximate surface area is 213 Å². The first-order valence-electron chi connectivity index (χ1n) is 11.0. The van der Waals surface area contributed by atoms with E-state index in [0.29, 0.717) is 34.6 Å². The van der Waals surface area contributed by atoms with Gasteiger partial charge in [-0.3, -0.25) is 9.59 Å². The number of hydrogen-bond donors (Lipinski definition) is 3. The van der Waals surface area contributed by atoms with Crippen LogP contribution in [0.15, 0.2) is 71.2 Å². The summed E-state index contributed by atoms with van der Waals surface area (Å²) >= 11 is 3.37. The number of anilines is 2. The second kappa shape index (κ2) is 11.2. The molecule has 7 nitrogen and oxygen atoms in total. The number of halogens is 1. The molecule has 0 aliphatic heterocycles. The number of rotatable bonds is 6.